The highest BCUT2D eigenvalue weighted by molar-refractivity contribution is 5.90. The van der Waals surface area contributed by atoms with Crippen molar-refractivity contribution < 1.29 is 9.90 Å². The van der Waals surface area contributed by atoms with Crippen LogP contribution in [0.25, 0.3) is 0 Å². The Morgan fingerprint density at radius 1 is 1.33 bits per heavy atom. The number of rotatable bonds is 3. The maximum Gasteiger partial charge on any atom is 0.319 e. The van der Waals surface area contributed by atoms with E-state index in [2.05, 4.69) is 31.4 Å². The van der Waals surface area contributed by atoms with Gasteiger partial charge in [0.2, 0.25) is 0 Å². The lowest BCUT2D eigenvalue weighted by Gasteiger charge is -2.23. The fraction of sp³-hybridized carbons (Fsp3) is 0.500. The Hall–Kier alpha value is -1.55. The molecule has 0 aromatic heterocycles. The summed E-state index contributed by atoms with van der Waals surface area (Å²) in [5, 5.41) is 14.4. The van der Waals surface area contributed by atoms with E-state index in [0.29, 0.717) is 0 Å². The topological polar surface area (TPSA) is 61.4 Å². The van der Waals surface area contributed by atoms with Gasteiger partial charge in [0.25, 0.3) is 0 Å². The second-order valence-electron chi connectivity index (χ2n) is 5.48. The van der Waals surface area contributed by atoms with E-state index in [0.717, 1.165) is 11.3 Å². The smallest absolute Gasteiger partial charge is 0.319 e. The van der Waals surface area contributed by atoms with E-state index < -0.39 is 0 Å². The monoisotopic (exact) mass is 250 g/mol. The molecule has 4 heteroatoms. The number of carbonyl (C=O) groups is 1. The fourth-order valence-corrected chi connectivity index (χ4v) is 1.67. The van der Waals surface area contributed by atoms with Crippen molar-refractivity contribution >= 4 is 11.7 Å². The zero-order chi connectivity index (χ0) is 13.8. The third kappa shape index (κ3) is 4.04. The standard InChI is InChI=1S/C14H22N2O2/c1-10(9-17)15-13(18)16-12-8-6-5-7-11(12)14(2,3)4/h5-8,10,17H,9H2,1-4H3,(H2,15,16,18)/t10-/m0/s1. The third-order valence-corrected chi connectivity index (χ3v) is 2.63. The molecule has 0 spiro atoms. The first-order chi connectivity index (χ1) is 8.34. The maximum atomic E-state index is 11.7. The number of para-hydroxylation sites is 1. The number of amides is 2. The molecule has 100 valence electrons. The average molecular weight is 250 g/mol. The van der Waals surface area contributed by atoms with E-state index >= 15 is 0 Å². The van der Waals surface area contributed by atoms with Crippen molar-refractivity contribution in [3.05, 3.63) is 29.8 Å². The molecule has 1 rings (SSSR count). The molecule has 4 nitrogen and oxygen atoms in total. The van der Waals surface area contributed by atoms with E-state index in [1.807, 2.05) is 24.3 Å². The summed E-state index contributed by atoms with van der Waals surface area (Å²) < 4.78 is 0. The second kappa shape index (κ2) is 5.87. The number of hydrogen-bond acceptors (Lipinski definition) is 2. The summed E-state index contributed by atoms with van der Waals surface area (Å²) in [5.74, 6) is 0. The number of aliphatic hydroxyl groups excluding tert-OH is 1. The normalized spacial score (nSPS) is 12.9. The summed E-state index contributed by atoms with van der Waals surface area (Å²) in [6, 6.07) is 7.18. The van der Waals surface area contributed by atoms with Crippen LogP contribution in [0.3, 0.4) is 0 Å². The molecule has 0 radical (unpaired) electrons. The van der Waals surface area contributed by atoms with Crippen LogP contribution in [0, 0.1) is 0 Å². The number of carbonyl (C=O) groups excluding carboxylic acids is 1. The first-order valence-electron chi connectivity index (χ1n) is 6.12. The second-order valence-corrected chi connectivity index (χ2v) is 5.48. The number of anilines is 1. The molecule has 1 aromatic rings. The molecule has 0 saturated carbocycles. The Balaban J connectivity index is 2.82. The SMILES string of the molecule is C[C@@H](CO)NC(=O)Nc1ccccc1C(C)(C)C. The van der Waals surface area contributed by atoms with Gasteiger partial charge in [0.15, 0.2) is 0 Å². The van der Waals surface area contributed by atoms with Crippen LogP contribution in [0.15, 0.2) is 24.3 Å². The van der Waals surface area contributed by atoms with Gasteiger partial charge in [-0.3, -0.25) is 0 Å². The van der Waals surface area contributed by atoms with Crippen molar-refractivity contribution in [2.24, 2.45) is 0 Å². The quantitative estimate of drug-likeness (QED) is 0.771. The fourth-order valence-electron chi connectivity index (χ4n) is 1.67. The summed E-state index contributed by atoms with van der Waals surface area (Å²) >= 11 is 0. The predicted molar refractivity (Wildman–Crippen MR) is 73.8 cm³/mol. The molecule has 0 aliphatic heterocycles. The number of hydrogen-bond donors (Lipinski definition) is 3. The van der Waals surface area contributed by atoms with Crippen LogP contribution in [-0.4, -0.2) is 23.8 Å². The van der Waals surface area contributed by atoms with Gasteiger partial charge >= 0.3 is 6.03 Å². The Morgan fingerprint density at radius 3 is 2.50 bits per heavy atom. The summed E-state index contributed by atoms with van der Waals surface area (Å²) in [4.78, 5) is 11.7. The molecule has 3 N–H and O–H groups in total. The lowest BCUT2D eigenvalue weighted by molar-refractivity contribution is 0.229. The molecular formula is C14H22N2O2. The van der Waals surface area contributed by atoms with E-state index in [1.54, 1.807) is 6.92 Å². The van der Waals surface area contributed by atoms with Crippen LogP contribution in [0.2, 0.25) is 0 Å². The minimum atomic E-state index is -0.298. The molecule has 0 aliphatic carbocycles. The Bertz CT molecular complexity index is 411. The van der Waals surface area contributed by atoms with Crippen LogP contribution in [-0.2, 0) is 5.41 Å². The molecule has 0 unspecified atom stereocenters. The number of benzene rings is 1. The Morgan fingerprint density at radius 2 is 1.94 bits per heavy atom. The number of nitrogens with one attached hydrogen (secondary N) is 2. The van der Waals surface area contributed by atoms with Gasteiger partial charge in [-0.2, -0.15) is 0 Å². The number of aliphatic hydroxyl groups is 1. The molecule has 0 aliphatic rings. The van der Waals surface area contributed by atoms with Gasteiger partial charge in [0.1, 0.15) is 0 Å². The van der Waals surface area contributed by atoms with Crippen LogP contribution >= 0.6 is 0 Å². The van der Waals surface area contributed by atoms with Crippen LogP contribution < -0.4 is 10.6 Å². The van der Waals surface area contributed by atoms with Crippen LogP contribution in [0.5, 0.6) is 0 Å². The van der Waals surface area contributed by atoms with E-state index in [9.17, 15) is 4.79 Å². The lowest BCUT2D eigenvalue weighted by atomic mass is 9.86. The largest absolute Gasteiger partial charge is 0.394 e. The molecule has 0 saturated heterocycles. The zero-order valence-electron chi connectivity index (χ0n) is 11.4. The first-order valence-corrected chi connectivity index (χ1v) is 6.12. The van der Waals surface area contributed by atoms with Gasteiger partial charge < -0.3 is 15.7 Å². The zero-order valence-corrected chi connectivity index (χ0v) is 11.4. The molecule has 0 fully saturated rings. The molecule has 1 aromatic carbocycles. The molecule has 0 bridgehead atoms. The highest BCUT2D eigenvalue weighted by atomic mass is 16.3. The van der Waals surface area contributed by atoms with E-state index in [-0.39, 0.29) is 24.1 Å². The molecule has 1 atom stereocenters. The first kappa shape index (κ1) is 14.5. The van der Waals surface area contributed by atoms with Gasteiger partial charge in [-0.25, -0.2) is 4.79 Å². The minimum absolute atomic E-state index is 0.0353. The molecule has 18 heavy (non-hydrogen) atoms. The highest BCUT2D eigenvalue weighted by Crippen LogP contribution is 2.29. The van der Waals surface area contributed by atoms with E-state index in [1.165, 1.54) is 0 Å². The minimum Gasteiger partial charge on any atom is -0.394 e. The third-order valence-electron chi connectivity index (χ3n) is 2.63. The van der Waals surface area contributed by atoms with Crippen molar-refractivity contribution in [1.29, 1.82) is 0 Å². The summed E-state index contributed by atoms with van der Waals surface area (Å²) in [7, 11) is 0. The molecule has 0 heterocycles. The Labute approximate surface area is 108 Å². The predicted octanol–water partition coefficient (Wildman–Crippen LogP) is 2.49. The van der Waals surface area contributed by atoms with Gasteiger partial charge in [-0.05, 0) is 24.0 Å². The van der Waals surface area contributed by atoms with Crippen molar-refractivity contribution in [2.45, 2.75) is 39.2 Å². The molecule has 2 amide bonds. The lowest BCUT2D eigenvalue weighted by Crippen LogP contribution is -2.38. The molecular weight excluding hydrogens is 228 g/mol. The van der Waals surface area contributed by atoms with Gasteiger partial charge in [-0.15, -0.1) is 0 Å². The van der Waals surface area contributed by atoms with Gasteiger partial charge in [0.05, 0.1) is 12.6 Å². The Kier molecular flexibility index (Phi) is 4.73. The average Bonchev–Trinajstić information content (AvgIpc) is 2.27. The van der Waals surface area contributed by atoms with Crippen molar-refractivity contribution in [1.82, 2.24) is 5.32 Å². The van der Waals surface area contributed by atoms with Crippen molar-refractivity contribution in [2.75, 3.05) is 11.9 Å². The summed E-state index contributed by atoms with van der Waals surface area (Å²) in [6.07, 6.45) is 0. The van der Waals surface area contributed by atoms with Crippen molar-refractivity contribution in [3.63, 3.8) is 0 Å². The van der Waals surface area contributed by atoms with Crippen molar-refractivity contribution in [3.8, 4) is 0 Å². The summed E-state index contributed by atoms with van der Waals surface area (Å²) in [5.41, 5.74) is 1.84. The van der Waals surface area contributed by atoms with Gasteiger partial charge in [0, 0.05) is 5.69 Å². The summed E-state index contributed by atoms with van der Waals surface area (Å²) in [6.45, 7) is 7.97. The maximum absolute atomic E-state index is 11.7. The van der Waals surface area contributed by atoms with Gasteiger partial charge in [-0.1, -0.05) is 39.0 Å². The van der Waals surface area contributed by atoms with Crippen LogP contribution in [0.1, 0.15) is 33.3 Å². The van der Waals surface area contributed by atoms with E-state index in [4.69, 9.17) is 5.11 Å². The highest BCUT2D eigenvalue weighted by Gasteiger charge is 2.18. The number of urea groups is 1. The van der Waals surface area contributed by atoms with Crippen LogP contribution in [0.4, 0.5) is 10.5 Å².